The average molecular weight is 313 g/mol. The van der Waals surface area contributed by atoms with E-state index in [4.69, 9.17) is 27.9 Å². The van der Waals surface area contributed by atoms with Crippen molar-refractivity contribution in [1.82, 2.24) is 0 Å². The van der Waals surface area contributed by atoms with Gasteiger partial charge in [-0.25, -0.2) is 0 Å². The summed E-state index contributed by atoms with van der Waals surface area (Å²) >= 11 is 12.0. The molecule has 0 aromatic heterocycles. The SMILES string of the molecule is COc1c(Cl)cc(Cl)cc1Nc1ccccc1[N+](=O)[O-]. The summed E-state index contributed by atoms with van der Waals surface area (Å²) in [7, 11) is 1.46. The van der Waals surface area contributed by atoms with Crippen molar-refractivity contribution in [3.63, 3.8) is 0 Å². The highest BCUT2D eigenvalue weighted by Gasteiger charge is 2.16. The van der Waals surface area contributed by atoms with E-state index in [0.717, 1.165) is 0 Å². The summed E-state index contributed by atoms with van der Waals surface area (Å²) < 4.78 is 5.18. The van der Waals surface area contributed by atoms with Crippen molar-refractivity contribution in [1.29, 1.82) is 0 Å². The number of para-hydroxylation sites is 2. The Labute approximate surface area is 125 Å². The van der Waals surface area contributed by atoms with Gasteiger partial charge in [-0.2, -0.15) is 0 Å². The van der Waals surface area contributed by atoms with Crippen LogP contribution in [-0.2, 0) is 0 Å². The Balaban J connectivity index is 2.47. The molecule has 20 heavy (non-hydrogen) atoms. The van der Waals surface area contributed by atoms with Gasteiger partial charge in [-0.05, 0) is 18.2 Å². The largest absolute Gasteiger partial charge is 0.493 e. The van der Waals surface area contributed by atoms with Crippen LogP contribution in [0.15, 0.2) is 36.4 Å². The first-order chi connectivity index (χ1) is 9.52. The molecule has 0 heterocycles. The predicted molar refractivity (Wildman–Crippen MR) is 79.4 cm³/mol. The molecule has 0 spiro atoms. The minimum absolute atomic E-state index is 0.0503. The van der Waals surface area contributed by atoms with Crippen LogP contribution in [0.5, 0.6) is 5.75 Å². The quantitative estimate of drug-likeness (QED) is 0.659. The summed E-state index contributed by atoms with van der Waals surface area (Å²) in [6.07, 6.45) is 0. The Bertz CT molecular complexity index is 662. The minimum atomic E-state index is -0.471. The molecule has 0 aliphatic carbocycles. The highest BCUT2D eigenvalue weighted by molar-refractivity contribution is 6.36. The summed E-state index contributed by atoms with van der Waals surface area (Å²) in [5.41, 5.74) is 0.735. The number of methoxy groups -OCH3 is 1. The molecule has 0 amide bonds. The summed E-state index contributed by atoms with van der Waals surface area (Å²) in [6, 6.07) is 9.39. The van der Waals surface area contributed by atoms with E-state index in [1.807, 2.05) is 0 Å². The van der Waals surface area contributed by atoms with Gasteiger partial charge in [0.15, 0.2) is 5.75 Å². The molecule has 0 unspecified atom stereocenters. The zero-order chi connectivity index (χ0) is 14.7. The fraction of sp³-hybridized carbons (Fsp3) is 0.0769. The third kappa shape index (κ3) is 2.95. The Morgan fingerprint density at radius 2 is 1.90 bits per heavy atom. The smallest absolute Gasteiger partial charge is 0.292 e. The fourth-order valence-electron chi connectivity index (χ4n) is 1.74. The van der Waals surface area contributed by atoms with Gasteiger partial charge in [0.05, 0.1) is 22.7 Å². The third-order valence-corrected chi connectivity index (χ3v) is 3.08. The fourth-order valence-corrected chi connectivity index (χ4v) is 2.31. The molecular weight excluding hydrogens is 303 g/mol. The number of halogens is 2. The summed E-state index contributed by atoms with van der Waals surface area (Å²) in [6.45, 7) is 0. The van der Waals surface area contributed by atoms with Crippen LogP contribution in [0, 0.1) is 10.1 Å². The van der Waals surface area contributed by atoms with Crippen LogP contribution in [0.3, 0.4) is 0 Å². The molecule has 0 atom stereocenters. The molecule has 7 heteroatoms. The topological polar surface area (TPSA) is 64.4 Å². The first-order valence-electron chi connectivity index (χ1n) is 5.56. The standard InChI is InChI=1S/C13H10Cl2N2O3/c1-20-13-9(15)6-8(14)7-11(13)16-10-4-2-3-5-12(10)17(18)19/h2-7,16H,1H3. The number of hydrogen-bond donors (Lipinski definition) is 1. The van der Waals surface area contributed by atoms with Crippen LogP contribution in [0.4, 0.5) is 17.1 Å². The highest BCUT2D eigenvalue weighted by atomic mass is 35.5. The molecule has 2 rings (SSSR count). The average Bonchev–Trinajstić information content (AvgIpc) is 2.38. The molecule has 2 aromatic carbocycles. The Morgan fingerprint density at radius 1 is 1.20 bits per heavy atom. The number of nitro groups is 1. The number of anilines is 2. The van der Waals surface area contributed by atoms with Crippen molar-refractivity contribution in [3.8, 4) is 5.75 Å². The maximum absolute atomic E-state index is 11.0. The maximum atomic E-state index is 11.0. The van der Waals surface area contributed by atoms with E-state index in [-0.39, 0.29) is 5.69 Å². The van der Waals surface area contributed by atoms with Crippen molar-refractivity contribution >= 4 is 40.3 Å². The van der Waals surface area contributed by atoms with Crippen molar-refractivity contribution in [2.24, 2.45) is 0 Å². The number of nitro benzene ring substituents is 1. The number of benzene rings is 2. The van der Waals surface area contributed by atoms with Crippen LogP contribution >= 0.6 is 23.2 Å². The second-order valence-electron chi connectivity index (χ2n) is 3.87. The second-order valence-corrected chi connectivity index (χ2v) is 4.71. The molecule has 5 nitrogen and oxygen atoms in total. The van der Waals surface area contributed by atoms with Crippen molar-refractivity contribution in [3.05, 3.63) is 56.6 Å². The van der Waals surface area contributed by atoms with E-state index in [2.05, 4.69) is 5.32 Å². The van der Waals surface area contributed by atoms with Gasteiger partial charge in [-0.3, -0.25) is 10.1 Å². The number of nitrogens with one attached hydrogen (secondary N) is 1. The first-order valence-corrected chi connectivity index (χ1v) is 6.32. The van der Waals surface area contributed by atoms with Gasteiger partial charge >= 0.3 is 0 Å². The molecule has 1 N–H and O–H groups in total. The number of rotatable bonds is 4. The van der Waals surface area contributed by atoms with Gasteiger partial charge in [0.2, 0.25) is 0 Å². The van der Waals surface area contributed by atoms with Gasteiger partial charge in [0, 0.05) is 11.1 Å². The van der Waals surface area contributed by atoms with Gasteiger partial charge in [0.1, 0.15) is 5.69 Å². The first kappa shape index (κ1) is 14.4. The van der Waals surface area contributed by atoms with E-state index >= 15 is 0 Å². The summed E-state index contributed by atoms with van der Waals surface area (Å²) in [4.78, 5) is 10.5. The van der Waals surface area contributed by atoms with Crippen LogP contribution in [-0.4, -0.2) is 12.0 Å². The molecule has 0 saturated carbocycles. The van der Waals surface area contributed by atoms with Crippen molar-refractivity contribution in [2.75, 3.05) is 12.4 Å². The molecular formula is C13H10Cl2N2O3. The van der Waals surface area contributed by atoms with Gasteiger partial charge in [-0.1, -0.05) is 35.3 Å². The van der Waals surface area contributed by atoms with Crippen LogP contribution in [0.25, 0.3) is 0 Å². The van der Waals surface area contributed by atoms with Gasteiger partial charge < -0.3 is 10.1 Å². The van der Waals surface area contributed by atoms with Gasteiger partial charge in [0.25, 0.3) is 5.69 Å². The second kappa shape index (κ2) is 5.98. The van der Waals surface area contributed by atoms with E-state index in [0.29, 0.717) is 27.2 Å². The summed E-state index contributed by atoms with van der Waals surface area (Å²) in [5.74, 6) is 0.370. The molecule has 0 radical (unpaired) electrons. The van der Waals surface area contributed by atoms with Crippen LogP contribution in [0.1, 0.15) is 0 Å². The van der Waals surface area contributed by atoms with Crippen LogP contribution in [0.2, 0.25) is 10.0 Å². The Morgan fingerprint density at radius 3 is 2.55 bits per heavy atom. The van der Waals surface area contributed by atoms with E-state index < -0.39 is 4.92 Å². The minimum Gasteiger partial charge on any atom is -0.493 e. The molecule has 2 aromatic rings. The van der Waals surface area contributed by atoms with E-state index in [1.165, 1.54) is 19.2 Å². The van der Waals surface area contributed by atoms with Crippen LogP contribution < -0.4 is 10.1 Å². The zero-order valence-electron chi connectivity index (χ0n) is 10.4. The van der Waals surface area contributed by atoms with E-state index in [1.54, 1.807) is 24.3 Å². The molecule has 0 saturated heterocycles. The maximum Gasteiger partial charge on any atom is 0.292 e. The molecule has 0 aliphatic rings. The normalized spacial score (nSPS) is 10.2. The molecule has 104 valence electrons. The monoisotopic (exact) mass is 312 g/mol. The lowest BCUT2D eigenvalue weighted by molar-refractivity contribution is -0.383. The van der Waals surface area contributed by atoms with Gasteiger partial charge in [-0.15, -0.1) is 0 Å². The molecule has 0 bridgehead atoms. The van der Waals surface area contributed by atoms with E-state index in [9.17, 15) is 10.1 Å². The lowest BCUT2D eigenvalue weighted by atomic mass is 10.2. The van der Waals surface area contributed by atoms with Crippen molar-refractivity contribution < 1.29 is 9.66 Å². The number of hydrogen-bond acceptors (Lipinski definition) is 4. The Hall–Kier alpha value is -1.98. The third-order valence-electron chi connectivity index (χ3n) is 2.58. The lowest BCUT2D eigenvalue weighted by Crippen LogP contribution is -1.99. The zero-order valence-corrected chi connectivity index (χ0v) is 11.9. The molecule has 0 aliphatic heterocycles. The Kier molecular flexibility index (Phi) is 4.32. The lowest BCUT2D eigenvalue weighted by Gasteiger charge is -2.13. The predicted octanol–water partition coefficient (Wildman–Crippen LogP) is 4.65. The molecule has 0 fully saturated rings. The number of ether oxygens (including phenoxy) is 1. The van der Waals surface area contributed by atoms with Crippen molar-refractivity contribution in [2.45, 2.75) is 0 Å². The number of nitrogens with zero attached hydrogens (tertiary/aromatic N) is 1. The summed E-state index contributed by atoms with van der Waals surface area (Å²) in [5, 5.41) is 14.6. The highest BCUT2D eigenvalue weighted by Crippen LogP contribution is 2.39.